The van der Waals surface area contributed by atoms with Gasteiger partial charge in [-0.05, 0) is 39.2 Å². The average molecular weight is 374 g/mol. The number of hydrogen-bond donors (Lipinski definition) is 0. The Labute approximate surface area is 154 Å². The van der Waals surface area contributed by atoms with Crippen LogP contribution >= 0.6 is 34.8 Å². The largest absolute Gasteiger partial charge is 0.219 e. The zero-order valence-corrected chi connectivity index (χ0v) is 14.7. The Morgan fingerprint density at radius 2 is 1.25 bits per heavy atom. The second-order valence-electron chi connectivity index (χ2n) is 5.59. The zero-order chi connectivity index (χ0) is 16.7. The van der Waals surface area contributed by atoms with Crippen molar-refractivity contribution < 1.29 is 0 Å². The smallest absolute Gasteiger partial charge is 0.152 e. The fourth-order valence-corrected chi connectivity index (χ4v) is 3.30. The first-order chi connectivity index (χ1) is 11.6. The second-order valence-corrected chi connectivity index (χ2v) is 6.69. The van der Waals surface area contributed by atoms with Crippen LogP contribution in [0.1, 0.15) is 11.4 Å². The molecule has 2 nitrogen and oxygen atoms in total. The molecule has 5 heteroatoms. The maximum Gasteiger partial charge on any atom is 0.152 e. The highest BCUT2D eigenvalue weighted by molar-refractivity contribution is 6.46. The molecule has 24 heavy (non-hydrogen) atoms. The van der Waals surface area contributed by atoms with Gasteiger partial charge in [-0.2, -0.15) is 0 Å². The molecule has 118 valence electrons. The van der Waals surface area contributed by atoms with Crippen LogP contribution in [0.2, 0.25) is 15.3 Å². The highest BCUT2D eigenvalue weighted by Gasteiger charge is 2.10. The van der Waals surface area contributed by atoms with Crippen LogP contribution in [0.5, 0.6) is 0 Å². The molecule has 0 N–H and O–H groups in total. The molecule has 4 aromatic rings. The predicted molar refractivity (Wildman–Crippen MR) is 101 cm³/mol. The van der Waals surface area contributed by atoms with Crippen molar-refractivity contribution in [1.82, 2.24) is 9.97 Å². The van der Waals surface area contributed by atoms with Gasteiger partial charge in [0.05, 0.1) is 0 Å². The number of aromatic nitrogens is 2. The maximum atomic E-state index is 5.98. The molecular weight excluding hydrogens is 363 g/mol. The minimum Gasteiger partial charge on any atom is -0.219 e. The molecule has 0 saturated heterocycles. The number of halogens is 3. The summed E-state index contributed by atoms with van der Waals surface area (Å²) in [6.07, 6.45) is 0.541. The van der Waals surface area contributed by atoms with E-state index in [0.717, 1.165) is 5.56 Å². The molecule has 0 aliphatic rings. The minimum atomic E-state index is 0.179. The van der Waals surface area contributed by atoms with Gasteiger partial charge >= 0.3 is 0 Å². The Hall–Kier alpha value is -1.87. The van der Waals surface area contributed by atoms with E-state index in [9.17, 15) is 0 Å². The molecule has 0 amide bonds. The third-order valence-electron chi connectivity index (χ3n) is 3.95. The van der Waals surface area contributed by atoms with E-state index in [-0.39, 0.29) is 15.3 Å². The summed E-state index contributed by atoms with van der Waals surface area (Å²) in [7, 11) is 0. The summed E-state index contributed by atoms with van der Waals surface area (Å²) in [5, 5.41) is 5.38. The molecule has 0 radical (unpaired) electrons. The van der Waals surface area contributed by atoms with E-state index in [1.807, 2.05) is 12.1 Å². The molecular formula is C19H11Cl3N2. The third kappa shape index (κ3) is 2.93. The van der Waals surface area contributed by atoms with Gasteiger partial charge in [-0.1, -0.05) is 77.3 Å². The van der Waals surface area contributed by atoms with Crippen molar-refractivity contribution in [2.45, 2.75) is 6.42 Å². The number of nitrogens with zero attached hydrogens (tertiary/aromatic N) is 2. The second kappa shape index (κ2) is 6.21. The van der Waals surface area contributed by atoms with E-state index in [4.69, 9.17) is 34.8 Å². The molecule has 4 rings (SSSR count). The van der Waals surface area contributed by atoms with Crippen LogP contribution in [0, 0.1) is 0 Å². The SMILES string of the molecule is Clc1nc(Cc2ccc3cc4ccccc4cc3c2)nc(Cl)c1Cl. The lowest BCUT2D eigenvalue weighted by molar-refractivity contribution is 0.970. The summed E-state index contributed by atoms with van der Waals surface area (Å²) < 4.78 is 0. The summed E-state index contributed by atoms with van der Waals surface area (Å²) in [6.45, 7) is 0. The van der Waals surface area contributed by atoms with Crippen LogP contribution in [-0.2, 0) is 6.42 Å². The van der Waals surface area contributed by atoms with E-state index in [1.54, 1.807) is 0 Å². The van der Waals surface area contributed by atoms with Gasteiger partial charge < -0.3 is 0 Å². The molecule has 0 unspecified atom stereocenters. The van der Waals surface area contributed by atoms with Crippen LogP contribution in [0.15, 0.2) is 54.6 Å². The minimum absolute atomic E-state index is 0.179. The molecule has 0 spiro atoms. The van der Waals surface area contributed by atoms with Crippen molar-refractivity contribution in [3.8, 4) is 0 Å². The Morgan fingerprint density at radius 1 is 0.667 bits per heavy atom. The Morgan fingerprint density at radius 3 is 1.92 bits per heavy atom. The maximum absolute atomic E-state index is 5.98. The van der Waals surface area contributed by atoms with Crippen LogP contribution < -0.4 is 0 Å². The number of hydrogen-bond acceptors (Lipinski definition) is 2. The number of rotatable bonds is 2. The Kier molecular flexibility index (Phi) is 4.05. The van der Waals surface area contributed by atoms with E-state index in [1.165, 1.54) is 21.5 Å². The van der Waals surface area contributed by atoms with Gasteiger partial charge in [0.1, 0.15) is 10.8 Å². The molecule has 0 atom stereocenters. The molecule has 0 fully saturated rings. The van der Waals surface area contributed by atoms with Gasteiger partial charge in [-0.25, -0.2) is 9.97 Å². The molecule has 0 bridgehead atoms. The lowest BCUT2D eigenvalue weighted by Crippen LogP contribution is -1.98. The van der Waals surface area contributed by atoms with Gasteiger partial charge in [0.15, 0.2) is 10.3 Å². The number of fused-ring (bicyclic) bond motifs is 2. The molecule has 3 aromatic carbocycles. The molecule has 0 saturated carbocycles. The average Bonchev–Trinajstić information content (AvgIpc) is 2.58. The third-order valence-corrected chi connectivity index (χ3v) is 5.05. The molecule has 0 aliphatic heterocycles. The normalized spacial score (nSPS) is 11.3. The summed E-state index contributed by atoms with van der Waals surface area (Å²) in [5.74, 6) is 0.550. The van der Waals surface area contributed by atoms with Crippen molar-refractivity contribution in [1.29, 1.82) is 0 Å². The van der Waals surface area contributed by atoms with E-state index in [0.29, 0.717) is 12.2 Å². The van der Waals surface area contributed by atoms with Crippen molar-refractivity contribution in [3.63, 3.8) is 0 Å². The Bertz CT molecular complexity index is 1050. The van der Waals surface area contributed by atoms with Crippen molar-refractivity contribution >= 4 is 56.3 Å². The lowest BCUT2D eigenvalue weighted by atomic mass is 10.0. The first-order valence-corrected chi connectivity index (χ1v) is 8.52. The highest BCUT2D eigenvalue weighted by Crippen LogP contribution is 2.28. The first kappa shape index (κ1) is 15.6. The summed E-state index contributed by atoms with van der Waals surface area (Å²) in [4.78, 5) is 8.39. The first-order valence-electron chi connectivity index (χ1n) is 7.39. The standard InChI is InChI=1S/C19H11Cl3N2/c20-17-18(21)23-16(24-19(17)22)8-11-5-6-14-9-12-3-1-2-4-13(12)10-15(14)7-11/h1-7,9-10H,8H2. The zero-order valence-electron chi connectivity index (χ0n) is 12.4. The fourth-order valence-electron chi connectivity index (χ4n) is 2.80. The monoisotopic (exact) mass is 372 g/mol. The van der Waals surface area contributed by atoms with Crippen LogP contribution in [-0.4, -0.2) is 9.97 Å². The van der Waals surface area contributed by atoms with Crippen molar-refractivity contribution in [2.24, 2.45) is 0 Å². The van der Waals surface area contributed by atoms with Crippen molar-refractivity contribution in [2.75, 3.05) is 0 Å². The molecule has 1 heterocycles. The van der Waals surface area contributed by atoms with Gasteiger partial charge in [0.2, 0.25) is 0 Å². The van der Waals surface area contributed by atoms with Gasteiger partial charge in [0, 0.05) is 6.42 Å². The topological polar surface area (TPSA) is 25.8 Å². The Balaban J connectivity index is 1.76. The molecule has 0 aliphatic carbocycles. The quantitative estimate of drug-likeness (QED) is 0.303. The van der Waals surface area contributed by atoms with E-state index >= 15 is 0 Å². The van der Waals surface area contributed by atoms with Crippen LogP contribution in [0.3, 0.4) is 0 Å². The van der Waals surface area contributed by atoms with Gasteiger partial charge in [-0.15, -0.1) is 0 Å². The van der Waals surface area contributed by atoms with Crippen LogP contribution in [0.25, 0.3) is 21.5 Å². The summed E-state index contributed by atoms with van der Waals surface area (Å²) in [5.41, 5.74) is 1.09. The summed E-state index contributed by atoms with van der Waals surface area (Å²) in [6, 6.07) is 19.0. The number of benzene rings is 3. The van der Waals surface area contributed by atoms with E-state index < -0.39 is 0 Å². The highest BCUT2D eigenvalue weighted by atomic mass is 35.5. The van der Waals surface area contributed by atoms with Gasteiger partial charge in [-0.3, -0.25) is 0 Å². The lowest BCUT2D eigenvalue weighted by Gasteiger charge is -2.07. The fraction of sp³-hybridized carbons (Fsp3) is 0.0526. The van der Waals surface area contributed by atoms with Crippen molar-refractivity contribution in [3.05, 3.63) is 81.3 Å². The van der Waals surface area contributed by atoms with E-state index in [2.05, 4.69) is 52.4 Å². The van der Waals surface area contributed by atoms with Gasteiger partial charge in [0.25, 0.3) is 0 Å². The molecule has 1 aromatic heterocycles. The summed E-state index contributed by atoms with van der Waals surface area (Å²) >= 11 is 17.9. The predicted octanol–water partition coefficient (Wildman–Crippen LogP) is 6.33. The van der Waals surface area contributed by atoms with Crippen LogP contribution in [0.4, 0.5) is 0 Å².